The first-order valence-corrected chi connectivity index (χ1v) is 7.52. The number of aliphatic carboxylic acids is 1. The van der Waals surface area contributed by atoms with E-state index in [1.807, 2.05) is 13.0 Å². The molecule has 9 heteroatoms. The molecule has 0 amide bonds. The van der Waals surface area contributed by atoms with Crippen LogP contribution >= 0.6 is 0 Å². The normalized spacial score (nSPS) is 11.3. The minimum atomic E-state index is -1.29. The lowest BCUT2D eigenvalue weighted by Crippen LogP contribution is -2.00. The van der Waals surface area contributed by atoms with Crippen LogP contribution in [0.15, 0.2) is 46.8 Å². The van der Waals surface area contributed by atoms with E-state index in [0.717, 1.165) is 5.56 Å². The third-order valence-corrected chi connectivity index (χ3v) is 3.60. The maximum Gasteiger partial charge on any atom is 0.339 e. The van der Waals surface area contributed by atoms with Crippen molar-refractivity contribution in [1.82, 2.24) is 9.38 Å². The van der Waals surface area contributed by atoms with Crippen LogP contribution in [0.5, 0.6) is 5.75 Å². The van der Waals surface area contributed by atoms with E-state index in [-0.39, 0.29) is 34.9 Å². The molecule has 1 aromatic carbocycles. The summed E-state index contributed by atoms with van der Waals surface area (Å²) in [6.07, 6.45) is 1.42. The van der Waals surface area contributed by atoms with Gasteiger partial charge in [0, 0.05) is 6.20 Å². The number of nitrogens with zero attached hydrogens (tertiary/aromatic N) is 4. The van der Waals surface area contributed by atoms with Gasteiger partial charge in [0.05, 0.1) is 17.8 Å². The molecular weight excluding hydrogens is 340 g/mol. The van der Waals surface area contributed by atoms with Crippen molar-refractivity contribution in [3.63, 3.8) is 0 Å². The van der Waals surface area contributed by atoms with Gasteiger partial charge < -0.3 is 15.3 Å². The number of azo groups is 1. The first kappa shape index (κ1) is 17.1. The molecule has 0 unspecified atom stereocenters. The van der Waals surface area contributed by atoms with Crippen molar-refractivity contribution in [1.29, 1.82) is 0 Å². The predicted octanol–water partition coefficient (Wildman–Crippen LogP) is 3.09. The zero-order valence-corrected chi connectivity index (χ0v) is 13.6. The van der Waals surface area contributed by atoms with E-state index >= 15 is 0 Å². The maximum atomic E-state index is 11.1. The highest BCUT2D eigenvalue weighted by atomic mass is 16.4. The molecule has 26 heavy (non-hydrogen) atoms. The van der Waals surface area contributed by atoms with E-state index in [2.05, 4.69) is 15.2 Å². The number of pyridine rings is 1. The van der Waals surface area contributed by atoms with Crippen LogP contribution in [0.4, 0.5) is 11.5 Å². The molecule has 132 valence electrons. The number of imidazole rings is 1. The van der Waals surface area contributed by atoms with Gasteiger partial charge in [-0.2, -0.15) is 0 Å². The maximum absolute atomic E-state index is 11.1. The van der Waals surface area contributed by atoms with Gasteiger partial charge in [-0.3, -0.25) is 9.20 Å². The largest absolute Gasteiger partial charge is 0.507 e. The number of aromatic carboxylic acids is 1. The van der Waals surface area contributed by atoms with E-state index in [4.69, 9.17) is 10.2 Å². The van der Waals surface area contributed by atoms with E-state index in [9.17, 15) is 14.7 Å². The number of hydrogen-bond donors (Lipinski definition) is 3. The molecule has 9 nitrogen and oxygen atoms in total. The standard InChI is InChI=1S/C17H14N4O5/c1-9-2-5-14-18-12(7-15(23)24)16(21(14)8-9)20-19-10-3-4-13(22)11(6-10)17(25)26/h2-6,8,22H,7H2,1H3,(H,23,24)(H,25,26). The van der Waals surface area contributed by atoms with Crippen molar-refractivity contribution in [3.05, 3.63) is 53.3 Å². The molecule has 2 heterocycles. The molecule has 0 saturated carbocycles. The van der Waals surface area contributed by atoms with Crippen LogP contribution in [-0.4, -0.2) is 36.6 Å². The van der Waals surface area contributed by atoms with Crippen LogP contribution in [0.2, 0.25) is 0 Å². The number of benzene rings is 1. The molecule has 0 radical (unpaired) electrons. The molecule has 0 saturated heterocycles. The second kappa shape index (κ2) is 6.63. The monoisotopic (exact) mass is 354 g/mol. The van der Waals surface area contributed by atoms with Gasteiger partial charge in [0.25, 0.3) is 0 Å². The van der Waals surface area contributed by atoms with Gasteiger partial charge in [-0.05, 0) is 36.8 Å². The third kappa shape index (κ3) is 3.36. The average Bonchev–Trinajstić information content (AvgIpc) is 2.89. The Morgan fingerprint density at radius 2 is 1.92 bits per heavy atom. The summed E-state index contributed by atoms with van der Waals surface area (Å²) >= 11 is 0. The number of carbonyl (C=O) groups is 2. The van der Waals surface area contributed by atoms with Crippen LogP contribution < -0.4 is 0 Å². The topological polar surface area (TPSA) is 137 Å². The lowest BCUT2D eigenvalue weighted by atomic mass is 10.2. The van der Waals surface area contributed by atoms with Gasteiger partial charge in [0.2, 0.25) is 0 Å². The average molecular weight is 354 g/mol. The molecule has 0 spiro atoms. The summed E-state index contributed by atoms with van der Waals surface area (Å²) in [5.74, 6) is -2.49. The molecule has 3 N–H and O–H groups in total. The second-order valence-corrected chi connectivity index (χ2v) is 5.59. The number of carboxylic acid groups (broad SMARTS) is 2. The van der Waals surface area contributed by atoms with Crippen molar-refractivity contribution in [2.45, 2.75) is 13.3 Å². The van der Waals surface area contributed by atoms with Gasteiger partial charge in [0.1, 0.15) is 17.0 Å². The van der Waals surface area contributed by atoms with Crippen molar-refractivity contribution >= 4 is 29.1 Å². The van der Waals surface area contributed by atoms with Crippen LogP contribution in [0.3, 0.4) is 0 Å². The van der Waals surface area contributed by atoms with E-state index < -0.39 is 11.9 Å². The molecule has 0 aliphatic carbocycles. The summed E-state index contributed by atoms with van der Waals surface area (Å²) in [4.78, 5) is 26.4. The number of fused-ring (bicyclic) bond motifs is 1. The Hall–Kier alpha value is -3.75. The number of rotatable bonds is 5. The Morgan fingerprint density at radius 1 is 1.15 bits per heavy atom. The zero-order chi connectivity index (χ0) is 18.8. The molecule has 0 aliphatic rings. The first-order valence-electron chi connectivity index (χ1n) is 7.52. The first-order chi connectivity index (χ1) is 12.3. The summed E-state index contributed by atoms with van der Waals surface area (Å²) in [5, 5.41) is 35.7. The van der Waals surface area contributed by atoms with Crippen LogP contribution in [0.25, 0.3) is 5.65 Å². The second-order valence-electron chi connectivity index (χ2n) is 5.59. The molecule has 3 aromatic rings. The zero-order valence-electron chi connectivity index (χ0n) is 13.6. The molecule has 0 atom stereocenters. The smallest absolute Gasteiger partial charge is 0.339 e. The number of aryl methyl sites for hydroxylation is 1. The fourth-order valence-corrected chi connectivity index (χ4v) is 2.42. The Bertz CT molecular complexity index is 1050. The number of carboxylic acids is 2. The number of aromatic hydroxyl groups is 1. The van der Waals surface area contributed by atoms with Crippen molar-refractivity contribution in [2.75, 3.05) is 0 Å². The van der Waals surface area contributed by atoms with E-state index in [0.29, 0.717) is 5.65 Å². The molecule has 2 aromatic heterocycles. The molecule has 0 fully saturated rings. The highest BCUT2D eigenvalue weighted by Crippen LogP contribution is 2.27. The molecule has 0 aliphatic heterocycles. The molecule has 0 bridgehead atoms. The number of aromatic nitrogens is 2. The highest BCUT2D eigenvalue weighted by Gasteiger charge is 2.15. The lowest BCUT2D eigenvalue weighted by Gasteiger charge is -2.01. The summed E-state index contributed by atoms with van der Waals surface area (Å²) < 4.78 is 1.62. The van der Waals surface area contributed by atoms with E-state index in [1.54, 1.807) is 16.7 Å². The van der Waals surface area contributed by atoms with Gasteiger partial charge in [-0.25, -0.2) is 9.78 Å². The third-order valence-electron chi connectivity index (χ3n) is 3.60. The minimum Gasteiger partial charge on any atom is -0.507 e. The van der Waals surface area contributed by atoms with Gasteiger partial charge in [-0.1, -0.05) is 6.07 Å². The Kier molecular flexibility index (Phi) is 4.36. The molecular formula is C17H14N4O5. The SMILES string of the molecule is Cc1ccc2nc(CC(=O)O)c(N=Nc3ccc(O)c(C(=O)O)c3)n2c1. The quantitative estimate of drug-likeness (QED) is 0.602. The van der Waals surface area contributed by atoms with Crippen LogP contribution in [0, 0.1) is 6.92 Å². The van der Waals surface area contributed by atoms with Gasteiger partial charge in [-0.15, -0.1) is 10.2 Å². The predicted molar refractivity (Wildman–Crippen MR) is 90.5 cm³/mol. The number of hydrogen-bond acceptors (Lipinski definition) is 6. The molecule has 3 rings (SSSR count). The summed E-state index contributed by atoms with van der Waals surface area (Å²) in [5.41, 5.74) is 1.58. The van der Waals surface area contributed by atoms with Gasteiger partial charge in [0.15, 0.2) is 5.82 Å². The fourth-order valence-electron chi connectivity index (χ4n) is 2.42. The Labute approximate surface area is 146 Å². The fraction of sp³-hybridized carbons (Fsp3) is 0.118. The number of phenols is 1. The Balaban J connectivity index is 2.08. The van der Waals surface area contributed by atoms with Crippen LogP contribution in [0.1, 0.15) is 21.6 Å². The Morgan fingerprint density at radius 3 is 2.62 bits per heavy atom. The summed E-state index contributed by atoms with van der Waals surface area (Å²) in [6, 6.07) is 7.35. The van der Waals surface area contributed by atoms with Crippen molar-refractivity contribution in [2.24, 2.45) is 10.2 Å². The van der Waals surface area contributed by atoms with Crippen molar-refractivity contribution in [3.8, 4) is 5.75 Å². The van der Waals surface area contributed by atoms with Crippen molar-refractivity contribution < 1.29 is 24.9 Å². The minimum absolute atomic E-state index is 0.198. The van der Waals surface area contributed by atoms with E-state index in [1.165, 1.54) is 18.2 Å². The van der Waals surface area contributed by atoms with Crippen LogP contribution in [-0.2, 0) is 11.2 Å². The highest BCUT2D eigenvalue weighted by molar-refractivity contribution is 5.91. The summed E-state index contributed by atoms with van der Waals surface area (Å²) in [7, 11) is 0. The van der Waals surface area contributed by atoms with Gasteiger partial charge >= 0.3 is 11.9 Å². The lowest BCUT2D eigenvalue weighted by molar-refractivity contribution is -0.136. The summed E-state index contributed by atoms with van der Waals surface area (Å²) in [6.45, 7) is 1.87.